The van der Waals surface area contributed by atoms with E-state index >= 15 is 0 Å². The molecule has 0 radical (unpaired) electrons. The molecule has 2 aromatic carbocycles. The lowest BCUT2D eigenvalue weighted by Gasteiger charge is -2.14. The maximum atomic E-state index is 6.20. The van der Waals surface area contributed by atoms with Crippen LogP contribution in [0.5, 0.6) is 0 Å². The zero-order valence-corrected chi connectivity index (χ0v) is 11.6. The van der Waals surface area contributed by atoms with Crippen LogP contribution in [0, 0.1) is 0 Å². The number of benzene rings is 2. The lowest BCUT2D eigenvalue weighted by atomic mass is 10.00. The fraction of sp³-hybridized carbons (Fsp3) is 0.143. The molecule has 1 nitrogen and oxygen atoms in total. The summed E-state index contributed by atoms with van der Waals surface area (Å²) in [6.07, 6.45) is 0.781. The van der Waals surface area contributed by atoms with Crippen LogP contribution in [-0.4, -0.2) is 0 Å². The Morgan fingerprint density at radius 1 is 1.12 bits per heavy atom. The van der Waals surface area contributed by atoms with Crippen LogP contribution in [0.15, 0.2) is 53.0 Å². The molecule has 2 aromatic rings. The second-order valence-corrected chi connectivity index (χ2v) is 5.25. The molecule has 0 bridgehead atoms. The molecule has 0 spiro atoms. The Morgan fingerprint density at radius 2 is 1.88 bits per heavy atom. The first-order chi connectivity index (χ1) is 8.16. The Labute approximate surface area is 115 Å². The average molecular weight is 311 g/mol. The minimum absolute atomic E-state index is 0.0240. The van der Waals surface area contributed by atoms with E-state index in [1.165, 1.54) is 0 Å². The van der Waals surface area contributed by atoms with Gasteiger partial charge in [0.05, 0.1) is 0 Å². The van der Waals surface area contributed by atoms with Gasteiger partial charge in [0.25, 0.3) is 0 Å². The highest BCUT2D eigenvalue weighted by Crippen LogP contribution is 2.24. The van der Waals surface area contributed by atoms with Crippen LogP contribution in [0.1, 0.15) is 17.2 Å². The maximum Gasteiger partial charge on any atom is 0.0408 e. The highest BCUT2D eigenvalue weighted by molar-refractivity contribution is 9.10. The third kappa shape index (κ3) is 3.32. The summed E-state index contributed by atoms with van der Waals surface area (Å²) in [6.45, 7) is 0. The van der Waals surface area contributed by atoms with Crippen molar-refractivity contribution >= 4 is 27.5 Å². The first-order valence-corrected chi connectivity index (χ1v) is 6.58. The Kier molecular flexibility index (Phi) is 4.21. The zero-order valence-electron chi connectivity index (χ0n) is 9.24. The molecule has 2 N–H and O–H groups in total. The summed E-state index contributed by atoms with van der Waals surface area (Å²) >= 11 is 9.47. The zero-order chi connectivity index (χ0) is 12.3. The molecule has 0 saturated carbocycles. The molecule has 0 amide bonds. The van der Waals surface area contributed by atoms with Crippen LogP contribution in [-0.2, 0) is 6.42 Å². The summed E-state index contributed by atoms with van der Waals surface area (Å²) < 4.78 is 1.05. The molecule has 88 valence electrons. The summed E-state index contributed by atoms with van der Waals surface area (Å²) in [5.74, 6) is 0. The van der Waals surface area contributed by atoms with E-state index in [0.29, 0.717) is 0 Å². The number of rotatable bonds is 3. The largest absolute Gasteiger partial charge is 0.324 e. The van der Waals surface area contributed by atoms with Crippen molar-refractivity contribution in [2.75, 3.05) is 0 Å². The molecule has 1 atom stereocenters. The van der Waals surface area contributed by atoms with Crippen molar-refractivity contribution in [1.29, 1.82) is 0 Å². The van der Waals surface area contributed by atoms with Gasteiger partial charge in [-0.15, -0.1) is 0 Å². The van der Waals surface area contributed by atoms with Crippen LogP contribution in [0.3, 0.4) is 0 Å². The van der Waals surface area contributed by atoms with Crippen molar-refractivity contribution in [2.24, 2.45) is 5.73 Å². The van der Waals surface area contributed by atoms with E-state index in [-0.39, 0.29) is 6.04 Å². The van der Waals surface area contributed by atoms with Gasteiger partial charge in [-0.2, -0.15) is 0 Å². The molecule has 0 aliphatic rings. The lowest BCUT2D eigenvalue weighted by molar-refractivity contribution is 0.718. The van der Waals surface area contributed by atoms with Gasteiger partial charge in [0.15, 0.2) is 0 Å². The van der Waals surface area contributed by atoms with E-state index in [1.807, 2.05) is 48.5 Å². The van der Waals surface area contributed by atoms with Crippen LogP contribution < -0.4 is 5.73 Å². The molecule has 0 fully saturated rings. The van der Waals surface area contributed by atoms with Gasteiger partial charge >= 0.3 is 0 Å². The van der Waals surface area contributed by atoms with Crippen molar-refractivity contribution in [2.45, 2.75) is 12.5 Å². The predicted molar refractivity (Wildman–Crippen MR) is 76.2 cm³/mol. The molecular weight excluding hydrogens is 298 g/mol. The van der Waals surface area contributed by atoms with Gasteiger partial charge in [-0.05, 0) is 35.7 Å². The third-order valence-corrected chi connectivity index (χ3v) is 3.61. The summed E-state index contributed by atoms with van der Waals surface area (Å²) in [4.78, 5) is 0. The fourth-order valence-electron chi connectivity index (χ4n) is 1.80. The van der Waals surface area contributed by atoms with Gasteiger partial charge in [-0.1, -0.05) is 57.9 Å². The normalized spacial score (nSPS) is 12.4. The van der Waals surface area contributed by atoms with Crippen molar-refractivity contribution in [1.82, 2.24) is 0 Å². The molecule has 0 aliphatic heterocycles. The minimum atomic E-state index is -0.0240. The topological polar surface area (TPSA) is 26.0 Å². The van der Waals surface area contributed by atoms with Crippen LogP contribution in [0.2, 0.25) is 5.02 Å². The van der Waals surface area contributed by atoms with Crippen molar-refractivity contribution in [3.63, 3.8) is 0 Å². The van der Waals surface area contributed by atoms with E-state index in [1.54, 1.807) is 0 Å². The Hall–Kier alpha value is -0.830. The monoisotopic (exact) mass is 309 g/mol. The van der Waals surface area contributed by atoms with Crippen LogP contribution >= 0.6 is 27.5 Å². The molecule has 0 aromatic heterocycles. The molecule has 2 rings (SSSR count). The van der Waals surface area contributed by atoms with Crippen molar-refractivity contribution in [3.05, 3.63) is 69.2 Å². The van der Waals surface area contributed by atoms with Gasteiger partial charge in [-0.3, -0.25) is 0 Å². The average Bonchev–Trinajstić information content (AvgIpc) is 2.29. The van der Waals surface area contributed by atoms with E-state index in [9.17, 15) is 0 Å². The van der Waals surface area contributed by atoms with Gasteiger partial charge in [0, 0.05) is 15.5 Å². The summed E-state index contributed by atoms with van der Waals surface area (Å²) in [6, 6.07) is 15.8. The van der Waals surface area contributed by atoms with Crippen LogP contribution in [0.4, 0.5) is 0 Å². The Balaban J connectivity index is 2.17. The standard InChI is InChI=1S/C14H13BrClN/c15-13-7-2-1-6-12(13)14(17)9-10-4-3-5-11(16)8-10/h1-8,14H,9,17H2. The number of halogens is 2. The fourth-order valence-corrected chi connectivity index (χ4v) is 2.60. The number of nitrogens with two attached hydrogens (primary N) is 1. The molecule has 0 heterocycles. The molecule has 0 saturated heterocycles. The number of hydrogen-bond acceptors (Lipinski definition) is 1. The second kappa shape index (κ2) is 5.67. The first kappa shape index (κ1) is 12.6. The Bertz CT molecular complexity index is 513. The van der Waals surface area contributed by atoms with E-state index in [2.05, 4.69) is 15.9 Å². The number of hydrogen-bond donors (Lipinski definition) is 1. The van der Waals surface area contributed by atoms with Crippen LogP contribution in [0.25, 0.3) is 0 Å². The third-order valence-electron chi connectivity index (χ3n) is 2.65. The van der Waals surface area contributed by atoms with Crippen molar-refractivity contribution in [3.8, 4) is 0 Å². The van der Waals surface area contributed by atoms with E-state index in [0.717, 1.165) is 27.0 Å². The predicted octanol–water partition coefficient (Wildman–Crippen LogP) is 4.35. The highest BCUT2D eigenvalue weighted by atomic mass is 79.9. The summed E-state index contributed by atoms with van der Waals surface area (Å²) in [5.41, 5.74) is 8.48. The first-order valence-electron chi connectivity index (χ1n) is 5.41. The molecule has 0 aliphatic carbocycles. The second-order valence-electron chi connectivity index (χ2n) is 3.96. The van der Waals surface area contributed by atoms with Gasteiger partial charge < -0.3 is 5.73 Å². The molecular formula is C14H13BrClN. The lowest BCUT2D eigenvalue weighted by Crippen LogP contribution is -2.13. The Morgan fingerprint density at radius 3 is 2.59 bits per heavy atom. The smallest absolute Gasteiger partial charge is 0.0408 e. The van der Waals surface area contributed by atoms with Gasteiger partial charge in [0.2, 0.25) is 0 Å². The minimum Gasteiger partial charge on any atom is -0.324 e. The summed E-state index contributed by atoms with van der Waals surface area (Å²) in [7, 11) is 0. The quantitative estimate of drug-likeness (QED) is 0.896. The molecule has 17 heavy (non-hydrogen) atoms. The van der Waals surface area contributed by atoms with Gasteiger partial charge in [0.1, 0.15) is 0 Å². The SMILES string of the molecule is NC(Cc1cccc(Cl)c1)c1ccccc1Br. The molecule has 1 unspecified atom stereocenters. The molecule has 3 heteroatoms. The van der Waals surface area contributed by atoms with Gasteiger partial charge in [-0.25, -0.2) is 0 Å². The maximum absolute atomic E-state index is 6.20. The van der Waals surface area contributed by atoms with E-state index < -0.39 is 0 Å². The highest BCUT2D eigenvalue weighted by Gasteiger charge is 2.10. The van der Waals surface area contributed by atoms with Crippen molar-refractivity contribution < 1.29 is 0 Å². The van der Waals surface area contributed by atoms with E-state index in [4.69, 9.17) is 17.3 Å². The summed E-state index contributed by atoms with van der Waals surface area (Å²) in [5, 5.41) is 0.752.